The zero-order valence-corrected chi connectivity index (χ0v) is 38.7. The van der Waals surface area contributed by atoms with Crippen LogP contribution in [0.2, 0.25) is 0 Å². The van der Waals surface area contributed by atoms with E-state index in [9.17, 15) is 4.79 Å². The van der Waals surface area contributed by atoms with Crippen LogP contribution >= 0.6 is 0 Å². The number of ether oxygens (including phenoxy) is 4. The Morgan fingerprint density at radius 3 is 1.86 bits per heavy atom. The van der Waals surface area contributed by atoms with Crippen LogP contribution in [0.1, 0.15) is 37.5 Å². The fraction of sp³-hybridized carbons (Fsp3) is 0.289. The van der Waals surface area contributed by atoms with E-state index in [2.05, 4.69) is 20.4 Å². The summed E-state index contributed by atoms with van der Waals surface area (Å²) in [6, 6.07) is 27.1. The number of methoxy groups -OCH3 is 3. The third-order valence-corrected chi connectivity index (χ3v) is 15.0. The molecule has 4 aromatic carbocycles. The lowest BCUT2D eigenvalue weighted by atomic mass is 10.00. The molecule has 3 aromatic heterocycles. The van der Waals surface area contributed by atoms with Gasteiger partial charge in [-0.15, -0.1) is 15.3 Å². The number of carbonyl (C=O) groups excluding carboxylic acids is 1. The Bertz CT molecular complexity index is 3060. The second-order valence-corrected chi connectivity index (χ2v) is 20.6. The molecule has 344 valence electrons. The van der Waals surface area contributed by atoms with Crippen LogP contribution in [-0.2, 0) is 44.2 Å². The maximum atomic E-state index is 16.1. The molecule has 2 N–H and O–H groups in total. The molecule has 66 heavy (non-hydrogen) atoms. The third kappa shape index (κ3) is 9.35. The molecule has 8 rings (SSSR count). The Morgan fingerprint density at radius 1 is 0.758 bits per heavy atom. The molecule has 1 fully saturated rings. The highest BCUT2D eigenvalue weighted by Gasteiger charge is 2.46. The Hall–Kier alpha value is -7.10. The van der Waals surface area contributed by atoms with Gasteiger partial charge in [-0.3, -0.25) is 0 Å². The molecule has 1 amide bonds. The van der Waals surface area contributed by atoms with Crippen LogP contribution in [0, 0.1) is 0 Å². The van der Waals surface area contributed by atoms with Crippen LogP contribution in [-0.4, -0.2) is 112 Å². The number of anilines is 1. The Balaban J connectivity index is 1.37. The number of hydrogen-bond donors (Lipinski definition) is 1. The number of sulfonamides is 1. The van der Waals surface area contributed by atoms with Crippen LogP contribution < -0.4 is 19.9 Å². The van der Waals surface area contributed by atoms with Gasteiger partial charge in [-0.05, 0) is 103 Å². The van der Waals surface area contributed by atoms with E-state index < -0.39 is 46.6 Å². The third-order valence-electron chi connectivity index (χ3n) is 10.8. The molecular weight excluding hydrogens is 889 g/mol. The van der Waals surface area contributed by atoms with Gasteiger partial charge in [0, 0.05) is 37.9 Å². The number of nitrogens with two attached hydrogens (primary N) is 1. The molecule has 1 aliphatic heterocycles. The summed E-state index contributed by atoms with van der Waals surface area (Å²) in [5.41, 5.74) is 7.82. The number of nitrogen functional groups attached to an aromatic ring is 1. The van der Waals surface area contributed by atoms with E-state index in [1.807, 2.05) is 12.1 Å². The maximum Gasteiger partial charge on any atom is 0.410 e. The summed E-state index contributed by atoms with van der Waals surface area (Å²) < 4.78 is 86.7. The van der Waals surface area contributed by atoms with Crippen LogP contribution in [0.3, 0.4) is 0 Å². The number of sulfone groups is 1. The number of tetrazole rings is 1. The molecule has 0 spiro atoms. The lowest BCUT2D eigenvalue weighted by Gasteiger charge is -2.39. The van der Waals surface area contributed by atoms with E-state index in [1.54, 1.807) is 107 Å². The number of amides is 1. The van der Waals surface area contributed by atoms with Gasteiger partial charge in [0.15, 0.2) is 15.5 Å². The van der Waals surface area contributed by atoms with Gasteiger partial charge in [-0.2, -0.15) is 14.1 Å². The van der Waals surface area contributed by atoms with E-state index in [0.29, 0.717) is 33.9 Å². The van der Waals surface area contributed by atoms with Crippen molar-refractivity contribution >= 4 is 37.5 Å². The molecule has 0 aliphatic carbocycles. The predicted molar refractivity (Wildman–Crippen MR) is 243 cm³/mol. The number of likely N-dealkylation sites (tertiary alicyclic amines) is 1. The van der Waals surface area contributed by atoms with Gasteiger partial charge in [0.05, 0.1) is 38.3 Å². The number of aromatic nitrogens is 7. The highest BCUT2D eigenvalue weighted by Crippen LogP contribution is 2.44. The van der Waals surface area contributed by atoms with Gasteiger partial charge in [0.1, 0.15) is 33.0 Å². The monoisotopic (exact) mass is 936 g/mol. The van der Waals surface area contributed by atoms with Gasteiger partial charge in [-0.25, -0.2) is 26.1 Å². The van der Waals surface area contributed by atoms with Gasteiger partial charge >= 0.3 is 6.09 Å². The van der Waals surface area contributed by atoms with Crippen molar-refractivity contribution in [3.63, 3.8) is 0 Å². The molecule has 0 radical (unpaired) electrons. The summed E-state index contributed by atoms with van der Waals surface area (Å²) in [5, 5.41) is 16.5. The Kier molecular flexibility index (Phi) is 12.4. The molecular formula is C45H48N10O9S2. The zero-order valence-electron chi connectivity index (χ0n) is 37.0. The molecule has 0 saturated carbocycles. The van der Waals surface area contributed by atoms with E-state index in [4.69, 9.17) is 29.8 Å². The zero-order chi connectivity index (χ0) is 47.0. The van der Waals surface area contributed by atoms with Crippen molar-refractivity contribution in [2.24, 2.45) is 0 Å². The van der Waals surface area contributed by atoms with Crippen molar-refractivity contribution in [3.05, 3.63) is 120 Å². The summed E-state index contributed by atoms with van der Waals surface area (Å²) in [7, 11) is -4.91. The van der Waals surface area contributed by atoms with Crippen LogP contribution in [0.15, 0.2) is 113 Å². The first kappa shape index (κ1) is 45.5. The molecule has 21 heteroatoms. The largest absolute Gasteiger partial charge is 0.497 e. The van der Waals surface area contributed by atoms with Gasteiger partial charge in [0.2, 0.25) is 21.8 Å². The number of nitrogens with zero attached hydrogens (tertiary/aromatic N) is 9. The summed E-state index contributed by atoms with van der Waals surface area (Å²) >= 11 is 0. The molecule has 1 aliphatic rings. The second-order valence-electron chi connectivity index (χ2n) is 16.5. The second kappa shape index (κ2) is 18.1. The minimum absolute atomic E-state index is 0.0516. The minimum atomic E-state index is -4.94. The molecule has 1 saturated heterocycles. The van der Waals surface area contributed by atoms with Crippen LogP contribution in [0.25, 0.3) is 28.2 Å². The standard InChI is InChI=1S/C45H48N10O9S2/c1-45(2,3)64-44(56)52-27-35(28-52)65(57,58)38-22-21-36(37-8-7-23-54-42(37)47-43(46)50-54)39(41-48-51-55(49-41)26-31-13-19-34(63-6)20-14-31)40(38)66(59,60)53(24-29-9-15-32(61-4)16-10-29)25-30-11-17-33(62-5)18-12-30/h7-23,35H,24-28H2,1-6H3,(H2,46,50). The maximum absolute atomic E-state index is 16.1. The summed E-state index contributed by atoms with van der Waals surface area (Å²) in [6.45, 7) is 4.34. The van der Waals surface area contributed by atoms with Crippen molar-refractivity contribution in [2.45, 2.75) is 61.0 Å². The Labute approximate surface area is 381 Å². The average molecular weight is 937 g/mol. The van der Waals surface area contributed by atoms with E-state index in [1.165, 1.54) is 44.9 Å². The van der Waals surface area contributed by atoms with Gasteiger partial charge in [0.25, 0.3) is 0 Å². The molecule has 0 bridgehead atoms. The first-order valence-electron chi connectivity index (χ1n) is 20.6. The van der Waals surface area contributed by atoms with Gasteiger partial charge < -0.3 is 29.6 Å². The highest BCUT2D eigenvalue weighted by molar-refractivity contribution is 7.94. The molecule has 19 nitrogen and oxygen atoms in total. The first-order valence-corrected chi connectivity index (χ1v) is 23.6. The summed E-state index contributed by atoms with van der Waals surface area (Å²) in [4.78, 5) is 18.9. The number of rotatable bonds is 15. The van der Waals surface area contributed by atoms with Crippen molar-refractivity contribution < 1.29 is 40.6 Å². The SMILES string of the molecule is COc1ccc(CN(Cc2ccc(OC)cc2)S(=O)(=O)c2c(S(=O)(=O)C3CN(C(=O)OC(C)(C)C)C3)ccc(-c3cccn4nc(N)nc34)c2-c2nnn(Cc3ccc(OC)cc3)n2)cc1. The lowest BCUT2D eigenvalue weighted by Crippen LogP contribution is -2.57. The smallest absolute Gasteiger partial charge is 0.410 e. The number of fused-ring (bicyclic) bond motifs is 1. The van der Waals surface area contributed by atoms with E-state index >= 15 is 16.8 Å². The van der Waals surface area contributed by atoms with Crippen LogP contribution in [0.5, 0.6) is 17.2 Å². The molecule has 7 aromatic rings. The molecule has 0 unspecified atom stereocenters. The number of hydrogen-bond acceptors (Lipinski definition) is 15. The topological polar surface area (TPSA) is 229 Å². The molecule has 0 atom stereocenters. The quantitative estimate of drug-likeness (QED) is 0.134. The van der Waals surface area contributed by atoms with Crippen molar-refractivity contribution in [3.8, 4) is 39.8 Å². The fourth-order valence-electron chi connectivity index (χ4n) is 7.44. The van der Waals surface area contributed by atoms with E-state index in [0.717, 1.165) is 5.56 Å². The lowest BCUT2D eigenvalue weighted by molar-refractivity contribution is 0.0139. The average Bonchev–Trinajstić information content (AvgIpc) is 3.90. The summed E-state index contributed by atoms with van der Waals surface area (Å²) in [6.07, 6.45) is 0.932. The van der Waals surface area contributed by atoms with Crippen molar-refractivity contribution in [2.75, 3.05) is 40.2 Å². The number of benzene rings is 4. The van der Waals surface area contributed by atoms with Crippen LogP contribution in [0.4, 0.5) is 10.7 Å². The Morgan fingerprint density at radius 2 is 1.32 bits per heavy atom. The number of pyridine rings is 1. The fourth-order valence-corrected chi connectivity index (χ4v) is 11.5. The summed E-state index contributed by atoms with van der Waals surface area (Å²) in [5.74, 6) is 1.51. The number of carbonyl (C=O) groups is 1. The highest BCUT2D eigenvalue weighted by atomic mass is 32.2. The first-order chi connectivity index (χ1) is 31.5. The van der Waals surface area contributed by atoms with Crippen molar-refractivity contribution in [1.29, 1.82) is 0 Å². The van der Waals surface area contributed by atoms with E-state index in [-0.39, 0.29) is 61.3 Å². The molecule has 4 heterocycles. The normalized spacial score (nSPS) is 13.5. The predicted octanol–water partition coefficient (Wildman–Crippen LogP) is 5.49. The van der Waals surface area contributed by atoms with Gasteiger partial charge in [-0.1, -0.05) is 42.5 Å². The minimum Gasteiger partial charge on any atom is -0.497 e. The van der Waals surface area contributed by atoms with Crippen molar-refractivity contribution in [1.82, 2.24) is 44.0 Å².